The van der Waals surface area contributed by atoms with E-state index in [1.165, 1.54) is 0 Å². The third-order valence-electron chi connectivity index (χ3n) is 2.20. The molecule has 0 heterocycles. The molecule has 18 heavy (non-hydrogen) atoms. The van der Waals surface area contributed by atoms with Crippen molar-refractivity contribution in [2.45, 2.75) is 20.3 Å². The monoisotopic (exact) mass is 250 g/mol. The zero-order chi connectivity index (χ0) is 13.4. The van der Waals surface area contributed by atoms with E-state index >= 15 is 0 Å². The van der Waals surface area contributed by atoms with Gasteiger partial charge in [0.2, 0.25) is 5.91 Å². The van der Waals surface area contributed by atoms with Crippen molar-refractivity contribution in [3.05, 3.63) is 24.3 Å². The highest BCUT2D eigenvalue weighted by Gasteiger charge is 2.02. The molecule has 98 valence electrons. The minimum absolute atomic E-state index is 0.00545. The average Bonchev–Trinajstić information content (AvgIpc) is 2.38. The fourth-order valence-electron chi connectivity index (χ4n) is 1.28. The second-order valence-corrected chi connectivity index (χ2v) is 3.67. The van der Waals surface area contributed by atoms with E-state index in [-0.39, 0.29) is 18.4 Å². The van der Waals surface area contributed by atoms with Crippen LogP contribution in [0.1, 0.15) is 20.3 Å². The van der Waals surface area contributed by atoms with Gasteiger partial charge in [-0.05, 0) is 31.2 Å². The maximum Gasteiger partial charge on any atom is 0.257 e. The van der Waals surface area contributed by atoms with Gasteiger partial charge in [0.05, 0.1) is 0 Å². The van der Waals surface area contributed by atoms with Crippen molar-refractivity contribution in [3.63, 3.8) is 0 Å². The van der Waals surface area contributed by atoms with Crippen molar-refractivity contribution in [2.75, 3.05) is 18.5 Å². The first-order valence-electron chi connectivity index (χ1n) is 5.95. The highest BCUT2D eigenvalue weighted by molar-refractivity contribution is 5.90. The Balaban J connectivity index is 2.45. The molecule has 0 bridgehead atoms. The summed E-state index contributed by atoms with van der Waals surface area (Å²) in [5.41, 5.74) is 0.715. The highest BCUT2D eigenvalue weighted by atomic mass is 16.5. The number of hydrogen-bond acceptors (Lipinski definition) is 3. The lowest BCUT2D eigenvalue weighted by Crippen LogP contribution is -2.28. The number of carbonyl (C=O) groups excluding carboxylic acids is 2. The summed E-state index contributed by atoms with van der Waals surface area (Å²) < 4.78 is 5.28. The molecule has 0 aromatic heterocycles. The zero-order valence-corrected chi connectivity index (χ0v) is 10.7. The largest absolute Gasteiger partial charge is 0.484 e. The van der Waals surface area contributed by atoms with Crippen molar-refractivity contribution >= 4 is 17.5 Å². The molecular weight excluding hydrogens is 232 g/mol. The summed E-state index contributed by atoms with van der Waals surface area (Å²) in [5, 5.41) is 5.37. The van der Waals surface area contributed by atoms with Gasteiger partial charge in [-0.15, -0.1) is 0 Å². The molecule has 0 aliphatic heterocycles. The van der Waals surface area contributed by atoms with E-state index in [0.29, 0.717) is 24.4 Å². The van der Waals surface area contributed by atoms with E-state index in [1.807, 2.05) is 6.92 Å². The summed E-state index contributed by atoms with van der Waals surface area (Å²) in [4.78, 5) is 22.3. The van der Waals surface area contributed by atoms with Crippen LogP contribution in [0.15, 0.2) is 24.3 Å². The number of ether oxygens (including phenoxy) is 1. The Morgan fingerprint density at radius 2 is 1.78 bits per heavy atom. The second kappa shape index (κ2) is 7.32. The van der Waals surface area contributed by atoms with Crippen molar-refractivity contribution in [1.82, 2.24) is 5.32 Å². The van der Waals surface area contributed by atoms with Gasteiger partial charge in [-0.25, -0.2) is 0 Å². The van der Waals surface area contributed by atoms with E-state index in [1.54, 1.807) is 31.2 Å². The third kappa shape index (κ3) is 4.86. The summed E-state index contributed by atoms with van der Waals surface area (Å²) in [6, 6.07) is 6.90. The van der Waals surface area contributed by atoms with E-state index in [2.05, 4.69) is 10.6 Å². The van der Waals surface area contributed by atoms with Crippen molar-refractivity contribution < 1.29 is 14.3 Å². The Hall–Kier alpha value is -2.04. The van der Waals surface area contributed by atoms with Gasteiger partial charge in [0.1, 0.15) is 5.75 Å². The normalized spacial score (nSPS) is 9.67. The van der Waals surface area contributed by atoms with Crippen LogP contribution >= 0.6 is 0 Å². The molecule has 0 atom stereocenters. The first kappa shape index (κ1) is 14.0. The second-order valence-electron chi connectivity index (χ2n) is 3.67. The van der Waals surface area contributed by atoms with Crippen molar-refractivity contribution in [1.29, 1.82) is 0 Å². The Morgan fingerprint density at radius 3 is 2.33 bits per heavy atom. The summed E-state index contributed by atoms with van der Waals surface area (Å²) in [6.07, 6.45) is 0.440. The van der Waals surface area contributed by atoms with Crippen LogP contribution in [0.2, 0.25) is 0 Å². The molecule has 0 saturated carbocycles. The Morgan fingerprint density at radius 1 is 1.11 bits per heavy atom. The number of carbonyl (C=O) groups is 2. The minimum atomic E-state index is -0.152. The number of benzene rings is 1. The standard InChI is InChI=1S/C13H18N2O3/c1-3-12(16)15-10-5-7-11(8-6-10)18-9-13(17)14-4-2/h5-8H,3-4,9H2,1-2H3,(H,14,17)(H,15,16). The molecular formula is C13H18N2O3. The minimum Gasteiger partial charge on any atom is -0.484 e. The number of anilines is 1. The molecule has 0 fully saturated rings. The van der Waals surface area contributed by atoms with Gasteiger partial charge in [0.15, 0.2) is 6.61 Å². The van der Waals surface area contributed by atoms with Gasteiger partial charge in [-0.1, -0.05) is 6.92 Å². The summed E-state index contributed by atoms with van der Waals surface area (Å²) >= 11 is 0. The molecule has 5 heteroatoms. The Bertz CT molecular complexity index is 401. The van der Waals surface area contributed by atoms with Crippen LogP contribution in [0, 0.1) is 0 Å². The molecule has 0 saturated heterocycles. The smallest absolute Gasteiger partial charge is 0.257 e. The topological polar surface area (TPSA) is 67.4 Å². The fourth-order valence-corrected chi connectivity index (χ4v) is 1.28. The van der Waals surface area contributed by atoms with E-state index in [0.717, 1.165) is 0 Å². The van der Waals surface area contributed by atoms with E-state index in [9.17, 15) is 9.59 Å². The summed E-state index contributed by atoms with van der Waals surface area (Å²) in [5.74, 6) is 0.405. The van der Waals surface area contributed by atoms with Crippen LogP contribution in [-0.4, -0.2) is 25.0 Å². The van der Waals surface area contributed by atoms with Gasteiger partial charge < -0.3 is 15.4 Å². The molecule has 0 aliphatic rings. The van der Waals surface area contributed by atoms with Crippen LogP contribution in [0.3, 0.4) is 0 Å². The van der Waals surface area contributed by atoms with Crippen LogP contribution in [0.4, 0.5) is 5.69 Å². The third-order valence-corrected chi connectivity index (χ3v) is 2.20. The van der Waals surface area contributed by atoms with Gasteiger partial charge in [0, 0.05) is 18.7 Å². The van der Waals surface area contributed by atoms with Gasteiger partial charge in [0.25, 0.3) is 5.91 Å². The Labute approximate surface area is 107 Å². The number of amides is 2. The van der Waals surface area contributed by atoms with Gasteiger partial charge in [-0.2, -0.15) is 0 Å². The predicted octanol–water partition coefficient (Wildman–Crippen LogP) is 1.55. The predicted molar refractivity (Wildman–Crippen MR) is 69.5 cm³/mol. The zero-order valence-electron chi connectivity index (χ0n) is 10.7. The SMILES string of the molecule is CCNC(=O)COc1ccc(NC(=O)CC)cc1. The molecule has 5 nitrogen and oxygen atoms in total. The van der Waals surface area contributed by atoms with Crippen LogP contribution in [0.25, 0.3) is 0 Å². The van der Waals surface area contributed by atoms with Gasteiger partial charge in [-0.3, -0.25) is 9.59 Å². The lowest BCUT2D eigenvalue weighted by molar-refractivity contribution is -0.123. The maximum atomic E-state index is 11.2. The lowest BCUT2D eigenvalue weighted by atomic mass is 10.3. The number of rotatable bonds is 6. The molecule has 0 unspecified atom stereocenters. The number of nitrogens with one attached hydrogen (secondary N) is 2. The van der Waals surface area contributed by atoms with Crippen molar-refractivity contribution in [3.8, 4) is 5.75 Å². The lowest BCUT2D eigenvalue weighted by Gasteiger charge is -2.07. The molecule has 1 rings (SSSR count). The fraction of sp³-hybridized carbons (Fsp3) is 0.385. The van der Waals surface area contributed by atoms with Crippen LogP contribution in [-0.2, 0) is 9.59 Å². The quantitative estimate of drug-likeness (QED) is 0.805. The summed E-state index contributed by atoms with van der Waals surface area (Å²) in [6.45, 7) is 4.22. The molecule has 1 aromatic carbocycles. The first-order valence-corrected chi connectivity index (χ1v) is 5.95. The van der Waals surface area contributed by atoms with Crippen LogP contribution in [0.5, 0.6) is 5.75 Å². The maximum absolute atomic E-state index is 11.2. The van der Waals surface area contributed by atoms with E-state index < -0.39 is 0 Å². The molecule has 0 spiro atoms. The molecule has 0 radical (unpaired) electrons. The number of likely N-dealkylation sites (N-methyl/N-ethyl adjacent to an activating group) is 1. The molecule has 1 aromatic rings. The van der Waals surface area contributed by atoms with E-state index in [4.69, 9.17) is 4.74 Å². The number of hydrogen-bond donors (Lipinski definition) is 2. The molecule has 2 amide bonds. The highest BCUT2D eigenvalue weighted by Crippen LogP contribution is 2.15. The van der Waals surface area contributed by atoms with Crippen molar-refractivity contribution in [2.24, 2.45) is 0 Å². The van der Waals surface area contributed by atoms with Gasteiger partial charge >= 0.3 is 0 Å². The molecule has 2 N–H and O–H groups in total. The molecule has 0 aliphatic carbocycles. The average molecular weight is 250 g/mol. The first-order chi connectivity index (χ1) is 8.65. The van der Waals surface area contributed by atoms with Crippen LogP contribution < -0.4 is 15.4 Å². The Kier molecular flexibility index (Phi) is 5.70. The summed E-state index contributed by atoms with van der Waals surface area (Å²) in [7, 11) is 0.